The van der Waals surface area contributed by atoms with Crippen LogP contribution < -0.4 is 5.73 Å². The number of anilines is 1. The number of aromatic hydroxyl groups is 1. The molecule has 0 bridgehead atoms. The number of nitrogens with two attached hydrogens (primary N) is 1. The molecule has 0 atom stereocenters. The fourth-order valence-corrected chi connectivity index (χ4v) is 2.59. The quantitative estimate of drug-likeness (QED) is 0.831. The molecule has 108 valence electrons. The lowest BCUT2D eigenvalue weighted by Crippen LogP contribution is -2.15. The topological polar surface area (TPSA) is 77.7 Å². The van der Waals surface area contributed by atoms with Crippen LogP contribution in [-0.4, -0.2) is 28.1 Å². The Bertz CT molecular complexity index is 679. The van der Waals surface area contributed by atoms with E-state index in [4.69, 9.17) is 17.0 Å². The second-order valence-corrected chi connectivity index (χ2v) is 5.05. The number of phenolic OH excluding ortho intramolecular Hbond substituents is 1. The molecule has 1 aliphatic rings. The van der Waals surface area contributed by atoms with Gasteiger partial charge in [-0.1, -0.05) is 11.7 Å². The van der Waals surface area contributed by atoms with Crippen LogP contribution in [0.15, 0.2) is 24.3 Å². The van der Waals surface area contributed by atoms with Crippen LogP contribution >= 0.6 is 0 Å². The molecule has 2 heterocycles. The van der Waals surface area contributed by atoms with Crippen LogP contribution in [0.5, 0.6) is 5.75 Å². The van der Waals surface area contributed by atoms with Crippen molar-refractivity contribution in [3.63, 3.8) is 0 Å². The Morgan fingerprint density at radius 1 is 1.29 bits per heavy atom. The molecule has 3 rings (SSSR count). The first-order chi connectivity index (χ1) is 10.2. The van der Waals surface area contributed by atoms with Gasteiger partial charge >= 0.3 is 0 Å². The third-order valence-electron chi connectivity index (χ3n) is 3.73. The Balaban J connectivity index is 2.05. The number of ether oxygens (including phenoxy) is 1. The third-order valence-corrected chi connectivity index (χ3v) is 3.73. The van der Waals surface area contributed by atoms with Crippen LogP contribution in [0.25, 0.3) is 10.5 Å². The zero-order chi connectivity index (χ0) is 14.8. The number of nitrogen functional groups attached to an aromatic ring is 1. The summed E-state index contributed by atoms with van der Waals surface area (Å²) in [6.45, 7) is 8.75. The maximum atomic E-state index is 9.37. The van der Waals surface area contributed by atoms with Crippen molar-refractivity contribution in [3.8, 4) is 11.4 Å². The normalized spacial score (nSPS) is 15.8. The van der Waals surface area contributed by atoms with Gasteiger partial charge in [0.25, 0.3) is 5.82 Å². The maximum Gasteiger partial charge on any atom is 0.280 e. The van der Waals surface area contributed by atoms with Crippen LogP contribution in [0.4, 0.5) is 11.5 Å². The fraction of sp³-hybridized carbons (Fsp3) is 0.333. The van der Waals surface area contributed by atoms with Crippen molar-refractivity contribution < 1.29 is 9.84 Å². The fourth-order valence-electron chi connectivity index (χ4n) is 2.59. The van der Waals surface area contributed by atoms with Gasteiger partial charge in [-0.3, -0.25) is 0 Å². The minimum atomic E-state index is 0.174. The standard InChI is InChI=1S/C15H16N4O2/c1-17-15-13(16)14(10-6-8-21-9-7-10)18-19(15)11-2-4-12(20)5-3-11/h2-5,10,20H,6-9,16H2. The van der Waals surface area contributed by atoms with Crippen LogP contribution in [-0.2, 0) is 4.74 Å². The molecule has 1 saturated heterocycles. The lowest BCUT2D eigenvalue weighted by Gasteiger charge is -2.20. The molecular formula is C15H16N4O2. The lowest BCUT2D eigenvalue weighted by atomic mass is 9.96. The number of rotatable bonds is 2. The summed E-state index contributed by atoms with van der Waals surface area (Å²) in [5.41, 5.74) is 8.06. The molecule has 6 heteroatoms. The number of phenols is 1. The van der Waals surface area contributed by atoms with Gasteiger partial charge in [0.15, 0.2) is 0 Å². The molecule has 1 aromatic carbocycles. The Labute approximate surface area is 122 Å². The van der Waals surface area contributed by atoms with Gasteiger partial charge in [0.2, 0.25) is 0 Å². The average molecular weight is 284 g/mol. The van der Waals surface area contributed by atoms with Crippen molar-refractivity contribution in [1.82, 2.24) is 9.78 Å². The van der Waals surface area contributed by atoms with E-state index >= 15 is 0 Å². The Hall–Kier alpha value is -2.52. The molecule has 3 N–H and O–H groups in total. The van der Waals surface area contributed by atoms with Gasteiger partial charge in [0, 0.05) is 19.1 Å². The van der Waals surface area contributed by atoms with Crippen molar-refractivity contribution in [2.75, 3.05) is 18.9 Å². The van der Waals surface area contributed by atoms with Gasteiger partial charge in [0.1, 0.15) is 11.4 Å². The van der Waals surface area contributed by atoms with E-state index in [0.29, 0.717) is 30.4 Å². The highest BCUT2D eigenvalue weighted by molar-refractivity contribution is 5.69. The van der Waals surface area contributed by atoms with E-state index in [1.807, 2.05) is 0 Å². The first-order valence-corrected chi connectivity index (χ1v) is 6.83. The molecular weight excluding hydrogens is 268 g/mol. The highest BCUT2D eigenvalue weighted by Crippen LogP contribution is 2.37. The van der Waals surface area contributed by atoms with Crippen molar-refractivity contribution >= 4 is 11.5 Å². The molecule has 2 aromatic rings. The molecule has 1 fully saturated rings. The van der Waals surface area contributed by atoms with Gasteiger partial charge in [-0.25, -0.2) is 0 Å². The van der Waals surface area contributed by atoms with Gasteiger partial charge < -0.3 is 20.4 Å². The Morgan fingerprint density at radius 2 is 1.95 bits per heavy atom. The zero-order valence-electron chi connectivity index (χ0n) is 11.5. The summed E-state index contributed by atoms with van der Waals surface area (Å²) in [5.74, 6) is 0.729. The molecule has 0 unspecified atom stereocenters. The molecule has 0 saturated carbocycles. The monoisotopic (exact) mass is 284 g/mol. The molecule has 1 aromatic heterocycles. The third kappa shape index (κ3) is 2.43. The number of nitrogens with zero attached hydrogens (tertiary/aromatic N) is 3. The molecule has 0 radical (unpaired) electrons. The van der Waals surface area contributed by atoms with Crippen LogP contribution in [0.3, 0.4) is 0 Å². The largest absolute Gasteiger partial charge is 0.508 e. The van der Waals surface area contributed by atoms with Gasteiger partial charge in [0.05, 0.1) is 11.4 Å². The van der Waals surface area contributed by atoms with E-state index in [9.17, 15) is 5.11 Å². The molecule has 0 spiro atoms. The van der Waals surface area contributed by atoms with E-state index in [-0.39, 0.29) is 11.7 Å². The molecule has 0 amide bonds. The van der Waals surface area contributed by atoms with Crippen molar-refractivity contribution in [2.45, 2.75) is 18.8 Å². The van der Waals surface area contributed by atoms with Crippen molar-refractivity contribution in [3.05, 3.63) is 41.4 Å². The van der Waals surface area contributed by atoms with Crippen molar-refractivity contribution in [1.29, 1.82) is 0 Å². The molecule has 0 aliphatic carbocycles. The predicted molar refractivity (Wildman–Crippen MR) is 78.7 cm³/mol. The summed E-state index contributed by atoms with van der Waals surface area (Å²) in [6, 6.07) is 6.55. The Morgan fingerprint density at radius 3 is 2.57 bits per heavy atom. The van der Waals surface area contributed by atoms with E-state index in [1.165, 1.54) is 0 Å². The van der Waals surface area contributed by atoms with E-state index in [1.54, 1.807) is 28.9 Å². The number of hydrogen-bond acceptors (Lipinski definition) is 4. The number of benzene rings is 1. The summed E-state index contributed by atoms with van der Waals surface area (Å²) in [7, 11) is 0. The summed E-state index contributed by atoms with van der Waals surface area (Å²) < 4.78 is 6.91. The number of aromatic nitrogens is 2. The first kappa shape index (κ1) is 13.5. The summed E-state index contributed by atoms with van der Waals surface area (Å²) >= 11 is 0. The average Bonchev–Trinajstić information content (AvgIpc) is 2.85. The Kier molecular flexibility index (Phi) is 3.50. The smallest absolute Gasteiger partial charge is 0.280 e. The van der Waals surface area contributed by atoms with E-state index in [2.05, 4.69) is 9.94 Å². The molecule has 6 nitrogen and oxygen atoms in total. The lowest BCUT2D eigenvalue weighted by molar-refractivity contribution is 0.0845. The predicted octanol–water partition coefficient (Wildman–Crippen LogP) is 2.60. The second kappa shape index (κ2) is 5.46. The zero-order valence-corrected chi connectivity index (χ0v) is 11.5. The van der Waals surface area contributed by atoms with Gasteiger partial charge in [-0.2, -0.15) is 4.68 Å². The van der Waals surface area contributed by atoms with Crippen LogP contribution in [0.2, 0.25) is 0 Å². The van der Waals surface area contributed by atoms with Gasteiger partial charge in [-0.05, 0) is 37.1 Å². The summed E-state index contributed by atoms with van der Waals surface area (Å²) in [4.78, 5) is 3.52. The molecule has 1 aliphatic heterocycles. The maximum absolute atomic E-state index is 9.37. The first-order valence-electron chi connectivity index (χ1n) is 6.83. The summed E-state index contributed by atoms with van der Waals surface area (Å²) in [6.07, 6.45) is 1.74. The van der Waals surface area contributed by atoms with Crippen LogP contribution in [0.1, 0.15) is 24.5 Å². The second-order valence-electron chi connectivity index (χ2n) is 5.05. The van der Waals surface area contributed by atoms with E-state index in [0.717, 1.165) is 18.5 Å². The highest BCUT2D eigenvalue weighted by atomic mass is 16.5. The van der Waals surface area contributed by atoms with Crippen LogP contribution in [0, 0.1) is 6.57 Å². The SMILES string of the molecule is [C-]#[N+]c1c(N)c(C2CCOCC2)nn1-c1ccc(O)cc1. The molecule has 21 heavy (non-hydrogen) atoms. The van der Waals surface area contributed by atoms with Crippen molar-refractivity contribution in [2.24, 2.45) is 0 Å². The number of hydrogen-bond donors (Lipinski definition) is 2. The summed E-state index contributed by atoms with van der Waals surface area (Å²) in [5, 5.41) is 13.9. The van der Waals surface area contributed by atoms with Gasteiger partial charge in [-0.15, -0.1) is 0 Å². The minimum Gasteiger partial charge on any atom is -0.508 e. The minimum absolute atomic E-state index is 0.174. The highest BCUT2D eigenvalue weighted by Gasteiger charge is 2.26. The van der Waals surface area contributed by atoms with E-state index < -0.39 is 0 Å².